The predicted molar refractivity (Wildman–Crippen MR) is 94.2 cm³/mol. The van der Waals surface area contributed by atoms with E-state index in [4.69, 9.17) is 0 Å². The lowest BCUT2D eigenvalue weighted by atomic mass is 9.84. The summed E-state index contributed by atoms with van der Waals surface area (Å²) in [6.07, 6.45) is 0.920. The lowest BCUT2D eigenvalue weighted by Crippen LogP contribution is -2.43. The first-order chi connectivity index (χ1) is 11.0. The minimum atomic E-state index is -0.198. The van der Waals surface area contributed by atoms with Gasteiger partial charge in [0.15, 0.2) is 0 Å². The summed E-state index contributed by atoms with van der Waals surface area (Å²) < 4.78 is 0. The highest BCUT2D eigenvalue weighted by atomic mass is 16.2. The van der Waals surface area contributed by atoms with E-state index < -0.39 is 0 Å². The molecule has 0 saturated heterocycles. The molecule has 1 rings (SSSR count). The molecule has 0 N–H and O–H groups in total. The van der Waals surface area contributed by atoms with Gasteiger partial charge in [-0.15, -0.1) is 0 Å². The van der Waals surface area contributed by atoms with Crippen LogP contribution in [0.1, 0.15) is 45.6 Å². The van der Waals surface area contributed by atoms with Crippen LogP contribution in [0, 0.1) is 5.92 Å². The van der Waals surface area contributed by atoms with Gasteiger partial charge in [0.1, 0.15) is 0 Å². The van der Waals surface area contributed by atoms with Gasteiger partial charge in [0.2, 0.25) is 11.8 Å². The highest BCUT2D eigenvalue weighted by molar-refractivity contribution is 5.88. The molecule has 23 heavy (non-hydrogen) atoms. The molecule has 128 valence electrons. The van der Waals surface area contributed by atoms with Gasteiger partial charge in [0, 0.05) is 20.1 Å². The predicted octanol–water partition coefficient (Wildman–Crippen LogP) is 3.14. The average Bonchev–Trinajstić information content (AvgIpc) is 2.56. The topological polar surface area (TPSA) is 40.6 Å². The Labute approximate surface area is 140 Å². The third kappa shape index (κ3) is 5.08. The van der Waals surface area contributed by atoms with E-state index >= 15 is 0 Å². The summed E-state index contributed by atoms with van der Waals surface area (Å²) in [6, 6.07) is 9.86. The summed E-state index contributed by atoms with van der Waals surface area (Å²) in [5.74, 6) is 0.0551. The molecule has 0 saturated carbocycles. The molecule has 0 aliphatic rings. The molecule has 0 bridgehead atoms. The fraction of sp³-hybridized carbons (Fsp3) is 0.579. The summed E-state index contributed by atoms with van der Waals surface area (Å²) in [5.41, 5.74) is 1.02. The van der Waals surface area contributed by atoms with Crippen LogP contribution in [0.2, 0.25) is 0 Å². The summed E-state index contributed by atoms with van der Waals surface area (Å²) >= 11 is 0. The Morgan fingerprint density at radius 2 is 1.61 bits per heavy atom. The molecule has 2 atom stereocenters. The molecule has 4 nitrogen and oxygen atoms in total. The van der Waals surface area contributed by atoms with E-state index in [2.05, 4.69) is 13.8 Å². The number of carbonyl (C=O) groups is 2. The van der Waals surface area contributed by atoms with Gasteiger partial charge in [-0.1, -0.05) is 50.6 Å². The van der Waals surface area contributed by atoms with Crippen LogP contribution >= 0.6 is 0 Å². The van der Waals surface area contributed by atoms with Crippen molar-refractivity contribution in [2.24, 2.45) is 5.92 Å². The van der Waals surface area contributed by atoms with Gasteiger partial charge >= 0.3 is 0 Å². The molecular weight excluding hydrogens is 288 g/mol. The number of benzene rings is 1. The number of hydrogen-bond acceptors (Lipinski definition) is 2. The zero-order valence-corrected chi connectivity index (χ0v) is 15.1. The maximum absolute atomic E-state index is 12.9. The van der Waals surface area contributed by atoms with Crippen molar-refractivity contribution < 1.29 is 9.59 Å². The number of nitrogens with zero attached hydrogens (tertiary/aromatic N) is 2. The van der Waals surface area contributed by atoms with Gasteiger partial charge in [-0.25, -0.2) is 0 Å². The van der Waals surface area contributed by atoms with Crippen LogP contribution in [0.4, 0.5) is 0 Å². The monoisotopic (exact) mass is 318 g/mol. The molecule has 0 spiro atoms. The van der Waals surface area contributed by atoms with Crippen LogP contribution in [-0.2, 0) is 9.59 Å². The Hall–Kier alpha value is -1.84. The Morgan fingerprint density at radius 3 is 2.09 bits per heavy atom. The standard InChI is InChI=1S/C19H30N2O2/c1-6-15(4)18(16-12-10-9-11-13-16)19(23)20(5)14-17(22)21(7-2)8-3/h9-13,15,18H,6-8,14H2,1-5H3. The fourth-order valence-electron chi connectivity index (χ4n) is 2.81. The minimum Gasteiger partial charge on any atom is -0.342 e. The van der Waals surface area contributed by atoms with Crippen LogP contribution < -0.4 is 0 Å². The van der Waals surface area contributed by atoms with Crippen molar-refractivity contribution in [3.05, 3.63) is 35.9 Å². The van der Waals surface area contributed by atoms with Gasteiger partial charge in [-0.2, -0.15) is 0 Å². The molecular formula is C19H30N2O2. The van der Waals surface area contributed by atoms with E-state index in [-0.39, 0.29) is 30.2 Å². The molecule has 2 unspecified atom stereocenters. The summed E-state index contributed by atoms with van der Waals surface area (Å²) in [5, 5.41) is 0. The maximum atomic E-state index is 12.9. The smallest absolute Gasteiger partial charge is 0.242 e. The molecule has 0 fully saturated rings. The van der Waals surface area contributed by atoms with Crippen molar-refractivity contribution in [3.8, 4) is 0 Å². The third-order valence-corrected chi connectivity index (χ3v) is 4.50. The van der Waals surface area contributed by atoms with E-state index in [0.29, 0.717) is 13.1 Å². The summed E-state index contributed by atoms with van der Waals surface area (Å²) in [6.45, 7) is 9.57. The summed E-state index contributed by atoms with van der Waals surface area (Å²) in [7, 11) is 1.72. The number of amides is 2. The fourth-order valence-corrected chi connectivity index (χ4v) is 2.81. The zero-order valence-electron chi connectivity index (χ0n) is 15.1. The number of carbonyl (C=O) groups excluding carboxylic acids is 2. The van der Waals surface area contributed by atoms with E-state index in [9.17, 15) is 9.59 Å². The van der Waals surface area contributed by atoms with Crippen molar-refractivity contribution >= 4 is 11.8 Å². The van der Waals surface area contributed by atoms with Crippen molar-refractivity contribution in [1.29, 1.82) is 0 Å². The van der Waals surface area contributed by atoms with E-state index in [0.717, 1.165) is 12.0 Å². The number of rotatable bonds is 8. The van der Waals surface area contributed by atoms with E-state index in [1.54, 1.807) is 16.8 Å². The number of hydrogen-bond donors (Lipinski definition) is 0. The van der Waals surface area contributed by atoms with Crippen LogP contribution in [0.15, 0.2) is 30.3 Å². The first-order valence-electron chi connectivity index (χ1n) is 8.53. The SMILES string of the molecule is CCC(C)C(C(=O)N(C)CC(=O)N(CC)CC)c1ccccc1. The van der Waals surface area contributed by atoms with Crippen LogP contribution in [0.5, 0.6) is 0 Å². The van der Waals surface area contributed by atoms with Crippen LogP contribution in [0.3, 0.4) is 0 Å². The quantitative estimate of drug-likeness (QED) is 0.739. The lowest BCUT2D eigenvalue weighted by molar-refractivity contribution is -0.140. The average molecular weight is 318 g/mol. The number of likely N-dealkylation sites (N-methyl/N-ethyl adjacent to an activating group) is 2. The lowest BCUT2D eigenvalue weighted by Gasteiger charge is -2.29. The molecule has 4 heteroatoms. The maximum Gasteiger partial charge on any atom is 0.242 e. The Kier molecular flexibility index (Phi) is 7.79. The van der Waals surface area contributed by atoms with Gasteiger partial charge in [0.25, 0.3) is 0 Å². The highest BCUT2D eigenvalue weighted by Gasteiger charge is 2.29. The molecule has 0 radical (unpaired) electrons. The molecule has 1 aromatic rings. The van der Waals surface area contributed by atoms with Gasteiger partial charge in [0.05, 0.1) is 12.5 Å². The zero-order chi connectivity index (χ0) is 17.4. The normalized spacial score (nSPS) is 13.3. The Morgan fingerprint density at radius 1 is 1.04 bits per heavy atom. The van der Waals surface area contributed by atoms with Crippen molar-refractivity contribution in [2.75, 3.05) is 26.7 Å². The molecule has 0 aliphatic carbocycles. The van der Waals surface area contributed by atoms with Crippen LogP contribution in [-0.4, -0.2) is 48.3 Å². The van der Waals surface area contributed by atoms with Gasteiger partial charge in [-0.3, -0.25) is 9.59 Å². The minimum absolute atomic E-state index is 0.00168. The molecule has 0 aliphatic heterocycles. The third-order valence-electron chi connectivity index (χ3n) is 4.50. The summed E-state index contributed by atoms with van der Waals surface area (Å²) in [4.78, 5) is 28.5. The molecule has 1 aromatic carbocycles. The first-order valence-corrected chi connectivity index (χ1v) is 8.53. The van der Waals surface area contributed by atoms with E-state index in [1.807, 2.05) is 44.2 Å². The second-order valence-corrected chi connectivity index (χ2v) is 6.03. The van der Waals surface area contributed by atoms with Gasteiger partial charge in [-0.05, 0) is 25.3 Å². The molecule has 2 amide bonds. The largest absolute Gasteiger partial charge is 0.342 e. The molecule has 0 aromatic heterocycles. The van der Waals surface area contributed by atoms with E-state index in [1.165, 1.54) is 0 Å². The van der Waals surface area contributed by atoms with Gasteiger partial charge < -0.3 is 9.80 Å². The highest BCUT2D eigenvalue weighted by Crippen LogP contribution is 2.28. The Balaban J connectivity index is 2.90. The van der Waals surface area contributed by atoms with Crippen molar-refractivity contribution in [2.45, 2.75) is 40.0 Å². The Bertz CT molecular complexity index is 497. The van der Waals surface area contributed by atoms with Crippen molar-refractivity contribution in [1.82, 2.24) is 9.80 Å². The van der Waals surface area contributed by atoms with Crippen molar-refractivity contribution in [3.63, 3.8) is 0 Å². The second kappa shape index (κ2) is 9.33. The molecule has 0 heterocycles. The first kappa shape index (κ1) is 19.2. The van der Waals surface area contributed by atoms with Crippen LogP contribution in [0.25, 0.3) is 0 Å². The second-order valence-electron chi connectivity index (χ2n) is 6.03.